The third-order valence-corrected chi connectivity index (χ3v) is 5.41. The van der Waals surface area contributed by atoms with Crippen LogP contribution in [-0.2, 0) is 4.79 Å². The topological polar surface area (TPSA) is 59.0 Å². The van der Waals surface area contributed by atoms with Gasteiger partial charge >= 0.3 is 5.97 Å². The molecule has 1 fully saturated rings. The van der Waals surface area contributed by atoms with Gasteiger partial charge in [0.1, 0.15) is 11.5 Å². The van der Waals surface area contributed by atoms with Crippen molar-refractivity contribution in [2.45, 2.75) is 19.3 Å². The minimum Gasteiger partial charge on any atom is -0.481 e. The van der Waals surface area contributed by atoms with E-state index in [4.69, 9.17) is 14.6 Å². The average molecular weight is 379 g/mol. The van der Waals surface area contributed by atoms with Crippen LogP contribution in [-0.4, -0.2) is 42.4 Å². The molecule has 0 spiro atoms. The summed E-state index contributed by atoms with van der Waals surface area (Å²) >= 11 is 0. The smallest absolute Gasteiger partial charge is 0.303 e. The maximum atomic E-state index is 10.9. The molecule has 2 aromatic carbocycles. The number of ether oxygens (including phenoxy) is 2. The molecule has 2 aromatic rings. The van der Waals surface area contributed by atoms with E-state index in [1.54, 1.807) is 0 Å². The minimum absolute atomic E-state index is 0.194. The molecule has 0 radical (unpaired) electrons. The van der Waals surface area contributed by atoms with Gasteiger partial charge in [0.2, 0.25) is 6.79 Å². The largest absolute Gasteiger partial charge is 0.481 e. The Hall–Kier alpha value is -2.79. The van der Waals surface area contributed by atoms with Crippen LogP contribution in [0.3, 0.4) is 0 Å². The molecular weight excluding hydrogens is 354 g/mol. The van der Waals surface area contributed by atoms with Gasteiger partial charge in [-0.25, -0.2) is 0 Å². The Morgan fingerprint density at radius 3 is 2.36 bits per heavy atom. The Labute approximate surface area is 165 Å². The summed E-state index contributed by atoms with van der Waals surface area (Å²) in [6, 6.07) is 16.1. The number of hydrogen-bond acceptors (Lipinski definition) is 4. The van der Waals surface area contributed by atoms with Gasteiger partial charge in [0.25, 0.3) is 0 Å². The lowest BCUT2D eigenvalue weighted by molar-refractivity contribution is -0.138. The van der Waals surface area contributed by atoms with Gasteiger partial charge in [-0.2, -0.15) is 0 Å². The second-order valence-electron chi connectivity index (χ2n) is 7.36. The number of carboxylic acids is 1. The molecule has 1 unspecified atom stereocenters. The minimum atomic E-state index is -0.697. The molecule has 2 aliphatic heterocycles. The number of carboxylic acid groups (broad SMARTS) is 1. The van der Waals surface area contributed by atoms with Gasteiger partial charge in [-0.3, -0.25) is 4.79 Å². The van der Waals surface area contributed by atoms with Crippen LogP contribution < -0.4 is 9.47 Å². The zero-order valence-corrected chi connectivity index (χ0v) is 15.8. The Morgan fingerprint density at radius 2 is 1.71 bits per heavy atom. The van der Waals surface area contributed by atoms with Gasteiger partial charge in [0.15, 0.2) is 0 Å². The first-order valence-electron chi connectivity index (χ1n) is 9.79. The highest BCUT2D eigenvalue weighted by molar-refractivity contribution is 5.85. The predicted octanol–water partition coefficient (Wildman–Crippen LogP) is 4.03. The van der Waals surface area contributed by atoms with Crippen LogP contribution in [0, 0.1) is 5.92 Å². The second-order valence-corrected chi connectivity index (χ2v) is 7.36. The summed E-state index contributed by atoms with van der Waals surface area (Å²) in [5.41, 5.74) is 3.26. The lowest BCUT2D eigenvalue weighted by Gasteiger charge is -2.21. The Kier molecular flexibility index (Phi) is 5.63. The van der Waals surface area contributed by atoms with E-state index < -0.39 is 5.97 Å². The van der Waals surface area contributed by atoms with E-state index in [2.05, 4.69) is 23.1 Å². The van der Waals surface area contributed by atoms with Gasteiger partial charge in [0, 0.05) is 30.6 Å². The highest BCUT2D eigenvalue weighted by Crippen LogP contribution is 2.37. The molecule has 0 amide bonds. The van der Waals surface area contributed by atoms with Crippen LogP contribution in [0.15, 0.2) is 54.6 Å². The van der Waals surface area contributed by atoms with E-state index in [0.717, 1.165) is 60.7 Å². The van der Waals surface area contributed by atoms with Crippen molar-refractivity contribution in [3.8, 4) is 11.5 Å². The van der Waals surface area contributed by atoms with Crippen molar-refractivity contribution in [2.75, 3.05) is 26.4 Å². The standard InChI is InChI=1S/C23H25NO4/c25-23(26)14-17-11-13-24(15-17)12-5-8-18-19-6-1-3-9-21(19)27-16-28-22-10-4-2-7-20(18)22/h1-4,6-10,17H,5,11-16H2,(H,25,26). The van der Waals surface area contributed by atoms with Gasteiger partial charge in [0.05, 0.1) is 0 Å². The second kappa shape index (κ2) is 8.48. The van der Waals surface area contributed by atoms with E-state index in [1.807, 2.05) is 36.4 Å². The summed E-state index contributed by atoms with van der Waals surface area (Å²) in [6.07, 6.45) is 4.38. The summed E-state index contributed by atoms with van der Waals surface area (Å²) in [5, 5.41) is 8.99. The number of hydrogen-bond donors (Lipinski definition) is 1. The molecule has 1 N–H and O–H groups in total. The Morgan fingerprint density at radius 1 is 1.07 bits per heavy atom. The van der Waals surface area contributed by atoms with Gasteiger partial charge in [-0.15, -0.1) is 0 Å². The Balaban J connectivity index is 1.54. The number of rotatable bonds is 5. The van der Waals surface area contributed by atoms with Crippen molar-refractivity contribution in [1.29, 1.82) is 0 Å². The summed E-state index contributed by atoms with van der Waals surface area (Å²) in [6.45, 7) is 2.96. The van der Waals surface area contributed by atoms with Crippen LogP contribution in [0.25, 0.3) is 5.57 Å². The maximum absolute atomic E-state index is 10.9. The predicted molar refractivity (Wildman–Crippen MR) is 108 cm³/mol. The summed E-state index contributed by atoms with van der Waals surface area (Å²) in [7, 11) is 0. The third-order valence-electron chi connectivity index (χ3n) is 5.41. The van der Waals surface area contributed by atoms with Crippen molar-refractivity contribution in [1.82, 2.24) is 4.90 Å². The summed E-state index contributed by atoms with van der Waals surface area (Å²) in [4.78, 5) is 13.3. The van der Waals surface area contributed by atoms with Crippen molar-refractivity contribution in [2.24, 2.45) is 5.92 Å². The highest BCUT2D eigenvalue weighted by atomic mass is 16.7. The van der Waals surface area contributed by atoms with Crippen LogP contribution >= 0.6 is 0 Å². The zero-order valence-electron chi connectivity index (χ0n) is 15.8. The molecule has 5 heteroatoms. The molecular formula is C23H25NO4. The van der Waals surface area contributed by atoms with E-state index in [1.165, 1.54) is 0 Å². The molecule has 0 aromatic heterocycles. The molecule has 2 heterocycles. The molecule has 4 rings (SSSR count). The number of benzene rings is 2. The van der Waals surface area contributed by atoms with Crippen molar-refractivity contribution in [3.63, 3.8) is 0 Å². The molecule has 5 nitrogen and oxygen atoms in total. The highest BCUT2D eigenvalue weighted by Gasteiger charge is 2.24. The summed E-state index contributed by atoms with van der Waals surface area (Å²) < 4.78 is 11.6. The van der Waals surface area contributed by atoms with E-state index in [0.29, 0.717) is 0 Å². The fourth-order valence-corrected chi connectivity index (χ4v) is 4.07. The van der Waals surface area contributed by atoms with Crippen LogP contribution in [0.5, 0.6) is 11.5 Å². The fraction of sp³-hybridized carbons (Fsp3) is 0.348. The van der Waals surface area contributed by atoms with Crippen LogP contribution in [0.4, 0.5) is 0 Å². The lowest BCUT2D eigenvalue weighted by atomic mass is 9.95. The van der Waals surface area contributed by atoms with Crippen LogP contribution in [0.2, 0.25) is 0 Å². The molecule has 0 bridgehead atoms. The number of aliphatic carboxylic acids is 1. The first-order valence-corrected chi connectivity index (χ1v) is 9.79. The van der Waals surface area contributed by atoms with Gasteiger partial charge < -0.3 is 19.5 Å². The van der Waals surface area contributed by atoms with E-state index in [9.17, 15) is 4.79 Å². The average Bonchev–Trinajstić information content (AvgIpc) is 3.11. The maximum Gasteiger partial charge on any atom is 0.303 e. The molecule has 0 aliphatic carbocycles. The van der Waals surface area contributed by atoms with Crippen molar-refractivity contribution < 1.29 is 19.4 Å². The molecule has 1 atom stereocenters. The monoisotopic (exact) mass is 379 g/mol. The molecule has 146 valence electrons. The molecule has 28 heavy (non-hydrogen) atoms. The first-order chi connectivity index (χ1) is 13.7. The number of carbonyl (C=O) groups is 1. The SMILES string of the molecule is O=C(O)CC1CCN(CCC=C2c3ccccc3OCOc3ccccc32)C1. The lowest BCUT2D eigenvalue weighted by Crippen LogP contribution is -2.22. The van der Waals surface area contributed by atoms with Gasteiger partial charge in [-0.05, 0) is 43.0 Å². The normalized spacial score (nSPS) is 18.9. The molecule has 1 saturated heterocycles. The van der Waals surface area contributed by atoms with E-state index >= 15 is 0 Å². The van der Waals surface area contributed by atoms with Crippen molar-refractivity contribution in [3.05, 3.63) is 65.7 Å². The third kappa shape index (κ3) is 4.20. The quantitative estimate of drug-likeness (QED) is 0.850. The molecule has 0 saturated carbocycles. The fourth-order valence-electron chi connectivity index (χ4n) is 4.07. The summed E-state index contributed by atoms with van der Waals surface area (Å²) in [5.74, 6) is 1.23. The molecule has 2 aliphatic rings. The number of para-hydroxylation sites is 2. The number of fused-ring (bicyclic) bond motifs is 2. The van der Waals surface area contributed by atoms with Gasteiger partial charge in [-0.1, -0.05) is 42.5 Å². The first kappa shape index (κ1) is 18.6. The van der Waals surface area contributed by atoms with Crippen molar-refractivity contribution >= 4 is 11.5 Å². The number of likely N-dealkylation sites (tertiary alicyclic amines) is 1. The number of nitrogens with zero attached hydrogens (tertiary/aromatic N) is 1. The van der Waals surface area contributed by atoms with E-state index in [-0.39, 0.29) is 19.1 Å². The van der Waals surface area contributed by atoms with Crippen LogP contribution in [0.1, 0.15) is 30.4 Å². The Bertz CT molecular complexity index is 827. The zero-order chi connectivity index (χ0) is 19.3.